The Kier molecular flexibility index (Phi) is 23.4. The van der Waals surface area contributed by atoms with Gasteiger partial charge in [0.15, 0.2) is 5.78 Å². The Balaban J connectivity index is 0. The van der Waals surface area contributed by atoms with E-state index in [-0.39, 0.29) is 148 Å². The number of rotatable bonds is 14. The summed E-state index contributed by atoms with van der Waals surface area (Å²) in [7, 11) is 3.32. The van der Waals surface area contributed by atoms with Gasteiger partial charge in [-0.05, 0) is 18.9 Å². The molecule has 33 heavy (non-hydrogen) atoms. The number of hydrogen-bond donors (Lipinski definition) is 2. The van der Waals surface area contributed by atoms with Gasteiger partial charge >= 0.3 is 116 Å². The number of amides is 3. The van der Waals surface area contributed by atoms with Gasteiger partial charge in [0, 0.05) is 58.3 Å². The number of nitrogens with one attached hydrogen (secondary N) is 2. The van der Waals surface area contributed by atoms with Crippen LogP contribution in [0.3, 0.4) is 0 Å². The van der Waals surface area contributed by atoms with Crippen LogP contribution in [0.15, 0.2) is 36.0 Å². The summed E-state index contributed by atoms with van der Waals surface area (Å²) in [6.07, 6.45) is 2.34. The number of carbonyl (C=O) groups excluding carboxylic acids is 4. The van der Waals surface area contributed by atoms with Crippen LogP contribution in [0.1, 0.15) is 31.7 Å². The average molecular weight is 601 g/mol. The molecule has 1 aromatic carbocycles. The fourth-order valence-electron chi connectivity index (χ4n) is 2.42. The summed E-state index contributed by atoms with van der Waals surface area (Å²) in [5.74, 6) is -1.23. The first-order chi connectivity index (χ1) is 14.8. The number of carbonyl (C=O) groups is 4. The van der Waals surface area contributed by atoms with E-state index in [1.807, 2.05) is 6.92 Å². The van der Waals surface area contributed by atoms with E-state index in [1.165, 1.54) is 6.08 Å². The Hall–Kier alpha value is 0.410. The van der Waals surface area contributed by atoms with E-state index in [9.17, 15) is 19.2 Å². The summed E-state index contributed by atoms with van der Waals surface area (Å²) in [4.78, 5) is 46.6. The van der Waals surface area contributed by atoms with Crippen LogP contribution in [0.25, 0.3) is 10.6 Å². The zero-order chi connectivity index (χ0) is 23.1. The molecule has 11 heteroatoms. The molecule has 170 valence electrons. The van der Waals surface area contributed by atoms with E-state index in [0.717, 1.165) is 11.3 Å². The van der Waals surface area contributed by atoms with Crippen molar-refractivity contribution in [3.8, 4) is 0 Å². The molecular weight excluding hydrogens is 571 g/mol. The topological polar surface area (TPSA) is 130 Å². The largest absolute Gasteiger partial charge is 1.00 e. The van der Waals surface area contributed by atoms with E-state index >= 15 is 0 Å². The van der Waals surface area contributed by atoms with Crippen molar-refractivity contribution < 1.29 is 140 Å². The monoisotopic (exact) mass is 600 g/mol. The van der Waals surface area contributed by atoms with Crippen LogP contribution in [0.5, 0.6) is 0 Å². The standard InChI is InChI=1S/C22H32N4O5.2Rb/c1-16(23-2)13-19(27)14-17-6-8-18(9-7-17)26-22(30)15-21(29)25-10-12-31-11-4-5-20(28)24-3;;/h6-9,13H,4-5,10-12,14-15H2,1-3H3,(H4,23,24,25,26,27,28,29,30);;/q;2*+1/p-2. The molecule has 0 atom stereocenters. The SMILES string of the molecule is CNC(=O)CCCOCC[N-]C(=O)CC(=O)[N-]c1ccc(CC(=O)/C=C(/C)NC)cc1.[Rb+].[Rb+]. The van der Waals surface area contributed by atoms with Crippen LogP contribution < -0.4 is 127 Å². The summed E-state index contributed by atoms with van der Waals surface area (Å²) in [5, 5.41) is 13.0. The number of ketones is 1. The van der Waals surface area contributed by atoms with Gasteiger partial charge in [-0.1, -0.05) is 24.3 Å². The maximum Gasteiger partial charge on any atom is 1.00 e. The van der Waals surface area contributed by atoms with Gasteiger partial charge in [0.2, 0.25) is 5.91 Å². The first-order valence-electron chi connectivity index (χ1n) is 10.0. The predicted molar refractivity (Wildman–Crippen MR) is 118 cm³/mol. The fourth-order valence-corrected chi connectivity index (χ4v) is 2.42. The Labute approximate surface area is 293 Å². The van der Waals surface area contributed by atoms with Crippen LogP contribution in [-0.4, -0.2) is 57.4 Å². The van der Waals surface area contributed by atoms with E-state index in [0.29, 0.717) is 25.1 Å². The van der Waals surface area contributed by atoms with Crippen LogP contribution in [0, 0.1) is 0 Å². The van der Waals surface area contributed by atoms with Crippen molar-refractivity contribution >= 4 is 29.2 Å². The maximum atomic E-state index is 11.9. The van der Waals surface area contributed by atoms with Crippen molar-refractivity contribution in [1.29, 1.82) is 0 Å². The Bertz CT molecular complexity index is 785. The quantitative estimate of drug-likeness (QED) is 0.128. The van der Waals surface area contributed by atoms with Crippen LogP contribution in [0.2, 0.25) is 0 Å². The summed E-state index contributed by atoms with van der Waals surface area (Å²) < 4.78 is 5.28. The Morgan fingerprint density at radius 3 is 2.24 bits per heavy atom. The molecule has 0 radical (unpaired) electrons. The molecule has 0 fully saturated rings. The zero-order valence-electron chi connectivity index (χ0n) is 20.3. The minimum Gasteiger partial charge on any atom is -0.651 e. The molecular formula is C22H30N4O5Rb2. The number of allylic oxidation sites excluding steroid dienone is 2. The van der Waals surface area contributed by atoms with E-state index < -0.39 is 18.2 Å². The predicted octanol–water partition coefficient (Wildman–Crippen LogP) is -3.71. The van der Waals surface area contributed by atoms with Crippen molar-refractivity contribution in [3.63, 3.8) is 0 Å². The molecule has 1 aromatic rings. The second-order valence-electron chi connectivity index (χ2n) is 6.73. The normalized spacial score (nSPS) is 10.2. The van der Waals surface area contributed by atoms with E-state index in [1.54, 1.807) is 38.4 Å². The molecule has 0 saturated carbocycles. The van der Waals surface area contributed by atoms with Crippen molar-refractivity contribution in [2.45, 2.75) is 32.6 Å². The molecule has 1 rings (SSSR count). The number of benzene rings is 1. The number of nitrogens with zero attached hydrogens (tertiary/aromatic N) is 2. The van der Waals surface area contributed by atoms with Crippen molar-refractivity contribution in [2.24, 2.45) is 0 Å². The molecule has 0 saturated heterocycles. The summed E-state index contributed by atoms with van der Waals surface area (Å²) in [6.45, 7) is 2.60. The van der Waals surface area contributed by atoms with Crippen molar-refractivity contribution in [2.75, 3.05) is 33.9 Å². The third-order valence-electron chi connectivity index (χ3n) is 4.14. The molecule has 0 unspecified atom stereocenters. The third kappa shape index (κ3) is 18.4. The molecule has 0 heterocycles. The van der Waals surface area contributed by atoms with Gasteiger partial charge in [-0.15, -0.1) is 12.2 Å². The Morgan fingerprint density at radius 2 is 1.64 bits per heavy atom. The first-order valence-corrected chi connectivity index (χ1v) is 10.0. The second-order valence-corrected chi connectivity index (χ2v) is 6.73. The van der Waals surface area contributed by atoms with Crippen molar-refractivity contribution in [1.82, 2.24) is 10.6 Å². The van der Waals surface area contributed by atoms with Crippen LogP contribution in [0.4, 0.5) is 5.69 Å². The van der Waals surface area contributed by atoms with Gasteiger partial charge in [0.05, 0.1) is 11.8 Å². The number of ether oxygens (including phenoxy) is 1. The second kappa shape index (κ2) is 21.7. The molecule has 0 aromatic heterocycles. The fraction of sp³-hybridized carbons (Fsp3) is 0.455. The maximum absolute atomic E-state index is 11.9. The van der Waals surface area contributed by atoms with E-state index in [4.69, 9.17) is 4.74 Å². The molecule has 0 spiro atoms. The summed E-state index contributed by atoms with van der Waals surface area (Å²) >= 11 is 0. The minimum atomic E-state index is -0.586. The van der Waals surface area contributed by atoms with Crippen LogP contribution >= 0.6 is 0 Å². The van der Waals surface area contributed by atoms with Gasteiger partial charge in [0.1, 0.15) is 0 Å². The summed E-state index contributed by atoms with van der Waals surface area (Å²) in [6, 6.07) is 6.70. The van der Waals surface area contributed by atoms with Gasteiger partial charge in [-0.2, -0.15) is 0 Å². The van der Waals surface area contributed by atoms with Crippen LogP contribution in [-0.2, 0) is 30.3 Å². The molecule has 0 bridgehead atoms. The molecule has 0 aliphatic rings. The molecule has 0 aliphatic heterocycles. The van der Waals surface area contributed by atoms with Crippen molar-refractivity contribution in [3.05, 3.63) is 52.2 Å². The smallest absolute Gasteiger partial charge is 0.651 e. The first kappa shape index (κ1) is 35.6. The van der Waals surface area contributed by atoms with Gasteiger partial charge in [0.25, 0.3) is 0 Å². The molecule has 3 amide bonds. The number of hydrogen-bond acceptors (Lipinski definition) is 6. The summed E-state index contributed by atoms with van der Waals surface area (Å²) in [5.41, 5.74) is 2.00. The van der Waals surface area contributed by atoms with Gasteiger partial charge < -0.3 is 35.6 Å². The average Bonchev–Trinajstić information content (AvgIpc) is 2.73. The minimum absolute atomic E-state index is 0. The van der Waals surface area contributed by atoms with Gasteiger partial charge in [-0.3, -0.25) is 9.59 Å². The molecule has 9 nitrogen and oxygen atoms in total. The van der Waals surface area contributed by atoms with Gasteiger partial charge in [-0.25, -0.2) is 0 Å². The molecule has 0 aliphatic carbocycles. The Morgan fingerprint density at radius 1 is 0.970 bits per heavy atom. The third-order valence-corrected chi connectivity index (χ3v) is 4.14. The zero-order valence-corrected chi connectivity index (χ0v) is 30.1. The van der Waals surface area contributed by atoms with E-state index in [2.05, 4.69) is 21.3 Å². The molecule has 2 N–H and O–H groups in total.